The summed E-state index contributed by atoms with van der Waals surface area (Å²) in [6, 6.07) is 12.2. The number of nitrogens with one attached hydrogen (secondary N) is 7. The Balaban J connectivity index is 0.000000432. The zero-order valence-electron chi connectivity index (χ0n) is 32.3. The second-order valence-electron chi connectivity index (χ2n) is 11.4. The van der Waals surface area contributed by atoms with E-state index in [0.717, 1.165) is 47.2 Å². The van der Waals surface area contributed by atoms with Crippen LogP contribution in [-0.2, 0) is 30.4 Å². The number of urea groups is 2. The third kappa shape index (κ3) is 22.3. The maximum atomic E-state index is 11.6. The number of thioether (sulfide) groups is 2. The molecule has 4 rings (SSSR count). The van der Waals surface area contributed by atoms with Crippen molar-refractivity contribution < 1.29 is 43.1 Å². The van der Waals surface area contributed by atoms with Crippen LogP contribution in [0.1, 0.15) is 38.7 Å². The minimum absolute atomic E-state index is 0.0185. The van der Waals surface area contributed by atoms with Gasteiger partial charge < -0.3 is 26.0 Å². The fourth-order valence-corrected chi connectivity index (χ4v) is 5.45. The van der Waals surface area contributed by atoms with Crippen molar-refractivity contribution in [3.8, 4) is 5.75 Å². The summed E-state index contributed by atoms with van der Waals surface area (Å²) in [6.07, 6.45) is 2.97. The molecule has 1 aromatic heterocycles. The van der Waals surface area contributed by atoms with Crippen molar-refractivity contribution in [2.45, 2.75) is 44.8 Å². The van der Waals surface area contributed by atoms with E-state index >= 15 is 0 Å². The summed E-state index contributed by atoms with van der Waals surface area (Å²) < 4.78 is 5.75. The topological polar surface area (TPSA) is 296 Å². The van der Waals surface area contributed by atoms with Crippen molar-refractivity contribution >= 4 is 87.1 Å². The van der Waals surface area contributed by atoms with Gasteiger partial charge in [-0.1, -0.05) is 55.6 Å². The second kappa shape index (κ2) is 27.7. The van der Waals surface area contributed by atoms with Crippen molar-refractivity contribution in [3.63, 3.8) is 0 Å². The van der Waals surface area contributed by atoms with Gasteiger partial charge in [-0.2, -0.15) is 4.99 Å². The van der Waals surface area contributed by atoms with Crippen LogP contribution in [0.15, 0.2) is 53.7 Å². The van der Waals surface area contributed by atoms with E-state index in [-0.39, 0.29) is 51.9 Å². The first kappa shape index (κ1) is 49.1. The summed E-state index contributed by atoms with van der Waals surface area (Å²) in [6.45, 7) is 4.86. The SMILES string of the molecule is CCC(=O)NC(=O)NC.CCC(=O)NC(=O)NC(=N)N=C(N)CNC.CN(CCOc1ccc(CC2SC(=O)NC2=O)cc1)c1ccccn1.O=C1CSC(=O)C1. The number of Topliss-reactive ketones (excluding diaryl/α,β-unsaturated/α-hetero) is 1. The van der Waals surface area contributed by atoms with E-state index < -0.39 is 23.9 Å². The van der Waals surface area contributed by atoms with Gasteiger partial charge in [0.15, 0.2) is 10.9 Å². The van der Waals surface area contributed by atoms with E-state index in [1.54, 1.807) is 27.1 Å². The molecule has 1 atom stereocenters. The summed E-state index contributed by atoms with van der Waals surface area (Å²) in [4.78, 5) is 95.7. The maximum Gasteiger partial charge on any atom is 0.328 e. The minimum atomic E-state index is -0.794. The first-order valence-corrected chi connectivity index (χ1v) is 19.2. The van der Waals surface area contributed by atoms with Crippen molar-refractivity contribution in [1.82, 2.24) is 36.9 Å². The number of hydrogen-bond acceptors (Lipinski definition) is 15. The molecule has 1 aromatic carbocycles. The standard InChI is InChI=1S/C18H19N3O3S.C8H16N6O2.C5H10N2O2.C4H4O2S/c1-21(16-4-2-3-9-19-16)10-11-24-14-7-5-13(6-8-14)12-15-17(22)20-18(23)25-15;1-3-6(15)13-8(16)14-7(10)12-5(9)4-11-2;1-3-4(8)7-5(9)6-2;5-3-1-4(6)7-2-3/h2-9,15H,10-12H2,1H3,(H,20,22,23);11H,3-4H2,1-2H3,(H5,9,10,12,13,14,15,16);3H2,1-2H3,(H2,6,7,8,9);1-2H2. The monoisotopic (exact) mass is 831 g/mol. The molecule has 8 amide bonds. The molecule has 0 saturated carbocycles. The number of imide groups is 3. The van der Waals surface area contributed by atoms with Crippen LogP contribution in [0.25, 0.3) is 0 Å². The Bertz CT molecular complexity index is 1700. The molecule has 0 spiro atoms. The largest absolute Gasteiger partial charge is 0.492 e. The number of amides is 8. The van der Waals surface area contributed by atoms with Crippen molar-refractivity contribution in [2.75, 3.05) is 51.5 Å². The molecule has 1 unspecified atom stereocenters. The zero-order chi connectivity index (χ0) is 42.8. The Labute approximate surface area is 338 Å². The number of likely N-dealkylation sites (N-methyl/N-ethyl adjacent to an activating group) is 2. The highest BCUT2D eigenvalue weighted by Gasteiger charge is 2.31. The van der Waals surface area contributed by atoms with Gasteiger partial charge in [-0.3, -0.25) is 55.4 Å². The highest BCUT2D eigenvalue weighted by atomic mass is 32.2. The summed E-state index contributed by atoms with van der Waals surface area (Å²) in [7, 11) is 5.10. The Kier molecular flexibility index (Phi) is 23.9. The first-order valence-electron chi connectivity index (χ1n) is 17.3. The Morgan fingerprint density at radius 1 is 0.982 bits per heavy atom. The number of rotatable bonds is 11. The van der Waals surface area contributed by atoms with Crippen LogP contribution in [-0.4, -0.2) is 115 Å². The van der Waals surface area contributed by atoms with Crippen LogP contribution < -0.4 is 47.3 Å². The van der Waals surface area contributed by atoms with Crippen LogP contribution in [0.3, 0.4) is 0 Å². The average molecular weight is 832 g/mol. The van der Waals surface area contributed by atoms with Crippen LogP contribution >= 0.6 is 23.5 Å². The lowest BCUT2D eigenvalue weighted by atomic mass is 10.1. The molecule has 2 saturated heterocycles. The minimum Gasteiger partial charge on any atom is -0.492 e. The number of pyridine rings is 1. The van der Waals surface area contributed by atoms with E-state index in [0.29, 0.717) is 31.7 Å². The summed E-state index contributed by atoms with van der Waals surface area (Å²) >= 11 is 2.16. The van der Waals surface area contributed by atoms with E-state index in [9.17, 15) is 38.4 Å². The lowest BCUT2D eigenvalue weighted by molar-refractivity contribution is -0.121. The maximum absolute atomic E-state index is 11.6. The molecule has 2 fully saturated rings. The molecule has 2 aliphatic rings. The molecule has 22 heteroatoms. The van der Waals surface area contributed by atoms with Gasteiger partial charge in [0, 0.05) is 33.1 Å². The first-order chi connectivity index (χ1) is 27.1. The lowest BCUT2D eigenvalue weighted by Gasteiger charge is -2.18. The predicted octanol–water partition coefficient (Wildman–Crippen LogP) is 1.30. The number of amidine groups is 1. The van der Waals surface area contributed by atoms with Gasteiger partial charge in [0.1, 0.15) is 24.0 Å². The molecule has 0 aliphatic carbocycles. The fraction of sp³-hybridized carbons (Fsp3) is 0.400. The van der Waals surface area contributed by atoms with E-state index in [2.05, 4.69) is 36.6 Å². The smallest absolute Gasteiger partial charge is 0.328 e. The summed E-state index contributed by atoms with van der Waals surface area (Å²) in [5.74, 6) is 0.971. The van der Waals surface area contributed by atoms with E-state index in [1.165, 1.54) is 7.05 Å². The molecule has 2 aliphatic heterocycles. The molecular formula is C35H49N11O9S2. The van der Waals surface area contributed by atoms with Crippen LogP contribution in [0.2, 0.25) is 0 Å². The molecule has 310 valence electrons. The third-order valence-electron chi connectivity index (χ3n) is 6.80. The third-order valence-corrected chi connectivity index (χ3v) is 8.72. The number of hydrogen-bond donors (Lipinski definition) is 8. The highest BCUT2D eigenvalue weighted by molar-refractivity contribution is 8.15. The summed E-state index contributed by atoms with van der Waals surface area (Å²) in [5, 5.41) is 20.1. The van der Waals surface area contributed by atoms with Crippen LogP contribution in [0.5, 0.6) is 5.75 Å². The molecular weight excluding hydrogens is 783 g/mol. The zero-order valence-corrected chi connectivity index (χ0v) is 33.9. The molecule has 2 aromatic rings. The Hall–Kier alpha value is -5.87. The quantitative estimate of drug-likeness (QED) is 0.0900. The van der Waals surface area contributed by atoms with E-state index in [4.69, 9.17) is 15.9 Å². The van der Waals surface area contributed by atoms with Gasteiger partial charge in [0.25, 0.3) is 5.24 Å². The highest BCUT2D eigenvalue weighted by Crippen LogP contribution is 2.24. The number of ether oxygens (including phenoxy) is 1. The van der Waals surface area contributed by atoms with Crippen LogP contribution in [0, 0.1) is 5.41 Å². The number of anilines is 1. The van der Waals surface area contributed by atoms with Gasteiger partial charge >= 0.3 is 12.1 Å². The van der Waals surface area contributed by atoms with Crippen LogP contribution in [0.4, 0.5) is 20.2 Å². The second-order valence-corrected chi connectivity index (χ2v) is 13.6. The molecule has 0 radical (unpaired) electrons. The number of aliphatic imine (C=N–C) groups is 1. The van der Waals surface area contributed by atoms with Crippen molar-refractivity contribution in [1.29, 1.82) is 5.41 Å². The number of nitrogens with zero attached hydrogens (tertiary/aromatic N) is 3. The lowest BCUT2D eigenvalue weighted by Crippen LogP contribution is -2.42. The van der Waals surface area contributed by atoms with Crippen molar-refractivity contribution in [3.05, 3.63) is 54.2 Å². The number of aromatic nitrogens is 1. The number of nitrogens with two attached hydrogens (primary N) is 1. The van der Waals surface area contributed by atoms with Gasteiger partial charge in [-0.15, -0.1) is 0 Å². The Morgan fingerprint density at radius 2 is 1.63 bits per heavy atom. The molecule has 0 bridgehead atoms. The number of carbonyl (C=O) groups excluding carboxylic acids is 8. The fourth-order valence-electron chi connectivity index (χ4n) is 3.91. The summed E-state index contributed by atoms with van der Waals surface area (Å²) in [5.41, 5.74) is 6.40. The number of guanidine groups is 1. The van der Waals surface area contributed by atoms with Gasteiger partial charge in [0.2, 0.25) is 23.7 Å². The molecule has 9 N–H and O–H groups in total. The normalized spacial score (nSPS) is 14.2. The van der Waals surface area contributed by atoms with E-state index in [1.807, 2.05) is 59.7 Å². The number of ketones is 1. The van der Waals surface area contributed by atoms with Gasteiger partial charge in [-0.05, 0) is 43.3 Å². The molecule has 3 heterocycles. The van der Waals surface area contributed by atoms with Gasteiger partial charge in [-0.25, -0.2) is 14.6 Å². The molecule has 20 nitrogen and oxygen atoms in total. The number of carbonyl (C=O) groups is 8. The van der Waals surface area contributed by atoms with Gasteiger partial charge in [0.05, 0.1) is 30.5 Å². The number of benzene rings is 1. The Morgan fingerprint density at radius 3 is 2.11 bits per heavy atom. The van der Waals surface area contributed by atoms with Crippen molar-refractivity contribution in [2.24, 2.45) is 10.7 Å². The molecule has 57 heavy (non-hydrogen) atoms. The average Bonchev–Trinajstić information content (AvgIpc) is 3.72. The predicted molar refractivity (Wildman–Crippen MR) is 218 cm³/mol.